The average Bonchev–Trinajstić information content (AvgIpc) is 2.12. The van der Waals surface area contributed by atoms with Gasteiger partial charge in [-0.3, -0.25) is 4.79 Å². The van der Waals surface area contributed by atoms with Gasteiger partial charge in [0, 0.05) is 5.57 Å². The summed E-state index contributed by atoms with van der Waals surface area (Å²) in [6, 6.07) is 4.78. The summed E-state index contributed by atoms with van der Waals surface area (Å²) in [6.45, 7) is 5.11. The van der Waals surface area contributed by atoms with Crippen molar-refractivity contribution >= 4 is 24.2 Å². The van der Waals surface area contributed by atoms with E-state index in [2.05, 4.69) is 24.5 Å². The maximum atomic E-state index is 11.2. The molecule has 1 amide bonds. The van der Waals surface area contributed by atoms with Gasteiger partial charge in [0.2, 0.25) is 0 Å². The fourth-order valence-electron chi connectivity index (χ4n) is 0.861. The molecule has 2 N–H and O–H groups in total. The van der Waals surface area contributed by atoms with Gasteiger partial charge in [-0.25, -0.2) is 0 Å². The van der Waals surface area contributed by atoms with Crippen LogP contribution in [0, 0.1) is 0 Å². The molecule has 0 saturated heterocycles. The van der Waals surface area contributed by atoms with Gasteiger partial charge in [0.05, 0.1) is 10.6 Å². The Morgan fingerprint density at radius 3 is 2.79 bits per heavy atom. The molecule has 1 aromatic carbocycles. The Hall–Kier alpha value is -1.42. The summed E-state index contributed by atoms with van der Waals surface area (Å²) in [5.41, 5.74) is 0.877. The van der Waals surface area contributed by atoms with E-state index >= 15 is 0 Å². The van der Waals surface area contributed by atoms with Crippen molar-refractivity contribution in [1.82, 2.24) is 0 Å². The van der Waals surface area contributed by atoms with Crippen molar-refractivity contribution in [1.29, 1.82) is 0 Å². The maximum Gasteiger partial charge on any atom is 0.250 e. The number of carbonyl (C=O) groups is 1. The van der Waals surface area contributed by atoms with Crippen molar-refractivity contribution in [3.05, 3.63) is 30.4 Å². The predicted octanol–water partition coefficient (Wildman–Crippen LogP) is 2.20. The zero-order chi connectivity index (χ0) is 10.7. The first-order valence-corrected chi connectivity index (χ1v) is 4.45. The van der Waals surface area contributed by atoms with Crippen LogP contribution in [0.5, 0.6) is 5.75 Å². The standard InChI is InChI=1S/C10H11NO2S/c1-6(2)10(13)11-7-4-3-5-8(12)9(7)14/h3-5,12,14H,1H2,2H3,(H,11,13). The quantitative estimate of drug-likeness (QED) is 0.516. The van der Waals surface area contributed by atoms with E-state index in [4.69, 9.17) is 0 Å². The van der Waals surface area contributed by atoms with Crippen LogP contribution in [0.3, 0.4) is 0 Å². The zero-order valence-corrected chi connectivity index (χ0v) is 8.64. The average molecular weight is 209 g/mol. The minimum absolute atomic E-state index is 0.0350. The molecule has 14 heavy (non-hydrogen) atoms. The molecule has 1 aromatic rings. The molecule has 0 aliphatic carbocycles. The van der Waals surface area contributed by atoms with Gasteiger partial charge in [-0.05, 0) is 19.1 Å². The Labute approximate surface area is 87.9 Å². The van der Waals surface area contributed by atoms with Crippen molar-refractivity contribution in [3.63, 3.8) is 0 Å². The highest BCUT2D eigenvalue weighted by atomic mass is 32.1. The van der Waals surface area contributed by atoms with E-state index < -0.39 is 0 Å². The van der Waals surface area contributed by atoms with Crippen LogP contribution in [0.4, 0.5) is 5.69 Å². The van der Waals surface area contributed by atoms with Crippen LogP contribution >= 0.6 is 12.6 Å². The second kappa shape index (κ2) is 4.19. The Morgan fingerprint density at radius 1 is 1.57 bits per heavy atom. The van der Waals surface area contributed by atoms with Gasteiger partial charge in [0.1, 0.15) is 5.75 Å². The summed E-state index contributed by atoms with van der Waals surface area (Å²) in [5, 5.41) is 11.9. The lowest BCUT2D eigenvalue weighted by molar-refractivity contribution is -0.112. The molecular weight excluding hydrogens is 198 g/mol. The number of aromatic hydroxyl groups is 1. The topological polar surface area (TPSA) is 49.3 Å². The molecule has 0 heterocycles. The van der Waals surface area contributed by atoms with Crippen molar-refractivity contribution < 1.29 is 9.90 Å². The van der Waals surface area contributed by atoms with Crippen LogP contribution in [0.15, 0.2) is 35.2 Å². The zero-order valence-electron chi connectivity index (χ0n) is 7.74. The lowest BCUT2D eigenvalue weighted by atomic mass is 10.2. The van der Waals surface area contributed by atoms with E-state index in [1.807, 2.05) is 0 Å². The van der Waals surface area contributed by atoms with Gasteiger partial charge in [0.25, 0.3) is 5.91 Å². The molecule has 3 nitrogen and oxygen atoms in total. The van der Waals surface area contributed by atoms with Crippen LogP contribution in [-0.2, 0) is 4.79 Å². The summed E-state index contributed by atoms with van der Waals surface area (Å²) < 4.78 is 0. The van der Waals surface area contributed by atoms with Gasteiger partial charge < -0.3 is 10.4 Å². The molecule has 0 atom stereocenters. The van der Waals surface area contributed by atoms with E-state index in [1.54, 1.807) is 19.1 Å². The maximum absolute atomic E-state index is 11.2. The minimum atomic E-state index is -0.286. The smallest absolute Gasteiger partial charge is 0.250 e. The first-order chi connectivity index (χ1) is 6.52. The molecule has 74 valence electrons. The van der Waals surface area contributed by atoms with E-state index in [-0.39, 0.29) is 11.7 Å². The summed E-state index contributed by atoms with van der Waals surface area (Å²) in [5.74, 6) is -0.251. The molecule has 0 aliphatic heterocycles. The largest absolute Gasteiger partial charge is 0.507 e. The number of hydrogen-bond acceptors (Lipinski definition) is 3. The summed E-state index contributed by atoms with van der Waals surface area (Å²) in [7, 11) is 0. The van der Waals surface area contributed by atoms with Gasteiger partial charge in [-0.15, -0.1) is 12.6 Å². The number of amides is 1. The Balaban J connectivity index is 2.93. The van der Waals surface area contributed by atoms with Crippen LogP contribution < -0.4 is 5.32 Å². The van der Waals surface area contributed by atoms with Gasteiger partial charge in [-0.2, -0.15) is 0 Å². The van der Waals surface area contributed by atoms with Gasteiger partial charge >= 0.3 is 0 Å². The molecule has 0 spiro atoms. The fourth-order valence-corrected chi connectivity index (χ4v) is 1.07. The molecule has 0 unspecified atom stereocenters. The van der Waals surface area contributed by atoms with Crippen molar-refractivity contribution in [2.24, 2.45) is 0 Å². The molecule has 0 radical (unpaired) electrons. The predicted molar refractivity (Wildman–Crippen MR) is 58.8 cm³/mol. The first kappa shape index (κ1) is 10.7. The monoisotopic (exact) mass is 209 g/mol. The molecule has 0 bridgehead atoms. The highest BCUT2D eigenvalue weighted by Gasteiger charge is 2.07. The first-order valence-electron chi connectivity index (χ1n) is 4.00. The van der Waals surface area contributed by atoms with E-state index in [0.29, 0.717) is 16.2 Å². The number of rotatable bonds is 2. The van der Waals surface area contributed by atoms with Crippen LogP contribution in [0.2, 0.25) is 0 Å². The highest BCUT2D eigenvalue weighted by Crippen LogP contribution is 2.28. The van der Waals surface area contributed by atoms with Gasteiger partial charge in [0.15, 0.2) is 0 Å². The minimum Gasteiger partial charge on any atom is -0.507 e. The third-order valence-electron chi connectivity index (χ3n) is 1.65. The Kier molecular flexibility index (Phi) is 3.19. The number of hydrogen-bond donors (Lipinski definition) is 3. The third kappa shape index (κ3) is 2.29. The number of benzene rings is 1. The van der Waals surface area contributed by atoms with Gasteiger partial charge in [-0.1, -0.05) is 12.6 Å². The molecular formula is C10H11NO2S. The van der Waals surface area contributed by atoms with E-state index in [0.717, 1.165) is 0 Å². The normalized spacial score (nSPS) is 9.57. The number of phenolic OH excluding ortho intramolecular Hbond substituents is 1. The fraction of sp³-hybridized carbons (Fsp3) is 0.100. The second-order valence-corrected chi connectivity index (χ2v) is 3.35. The lowest BCUT2D eigenvalue weighted by Crippen LogP contribution is -2.12. The summed E-state index contributed by atoms with van der Waals surface area (Å²) in [4.78, 5) is 11.6. The van der Waals surface area contributed by atoms with E-state index in [9.17, 15) is 9.90 Å². The highest BCUT2D eigenvalue weighted by molar-refractivity contribution is 7.80. The van der Waals surface area contributed by atoms with Crippen LogP contribution in [0.25, 0.3) is 0 Å². The molecule has 0 fully saturated rings. The number of anilines is 1. The molecule has 0 aliphatic rings. The molecule has 0 saturated carbocycles. The SMILES string of the molecule is C=C(C)C(=O)Nc1cccc(O)c1S. The van der Waals surface area contributed by atoms with E-state index in [1.165, 1.54) is 6.07 Å². The van der Waals surface area contributed by atoms with Crippen LogP contribution in [-0.4, -0.2) is 11.0 Å². The summed E-state index contributed by atoms with van der Waals surface area (Å²) in [6.07, 6.45) is 0. The number of phenols is 1. The lowest BCUT2D eigenvalue weighted by Gasteiger charge is -2.08. The number of thiol groups is 1. The number of nitrogens with one attached hydrogen (secondary N) is 1. The Morgan fingerprint density at radius 2 is 2.21 bits per heavy atom. The number of carbonyl (C=O) groups excluding carboxylic acids is 1. The van der Waals surface area contributed by atoms with Crippen molar-refractivity contribution in [2.75, 3.05) is 5.32 Å². The Bertz CT molecular complexity index is 388. The van der Waals surface area contributed by atoms with Crippen molar-refractivity contribution in [3.8, 4) is 5.75 Å². The molecule has 0 aromatic heterocycles. The van der Waals surface area contributed by atoms with Crippen LogP contribution in [0.1, 0.15) is 6.92 Å². The third-order valence-corrected chi connectivity index (χ3v) is 2.12. The molecule has 1 rings (SSSR count). The summed E-state index contributed by atoms with van der Waals surface area (Å²) >= 11 is 4.06. The molecule has 4 heteroatoms. The second-order valence-electron chi connectivity index (χ2n) is 2.91. The van der Waals surface area contributed by atoms with Crippen molar-refractivity contribution in [2.45, 2.75) is 11.8 Å².